The molecule has 0 amide bonds. The van der Waals surface area contributed by atoms with Crippen molar-refractivity contribution in [1.29, 1.82) is 0 Å². The van der Waals surface area contributed by atoms with Gasteiger partial charge in [-0.15, -0.1) is 10.2 Å². The van der Waals surface area contributed by atoms with Gasteiger partial charge in [0.1, 0.15) is 0 Å². The van der Waals surface area contributed by atoms with Crippen LogP contribution in [0.2, 0.25) is 0 Å². The minimum Gasteiger partial charge on any atom is -0.459 e. The molecule has 0 saturated heterocycles. The average Bonchev–Trinajstić information content (AvgIpc) is 3.95. The van der Waals surface area contributed by atoms with Crippen molar-refractivity contribution in [2.75, 3.05) is 11.5 Å². The van der Waals surface area contributed by atoms with Gasteiger partial charge in [0.15, 0.2) is 0 Å². The Kier molecular flexibility index (Phi) is 12.3. The molecule has 56 heavy (non-hydrogen) atoms. The standard InChI is InChI=1S/2C6HN8O8.2C2H4N4/c2*15-11(16)3-4(12(17)18)8-1(7-3)2-9-5(13(19)20)6(10-2)14(21)22;2*3-2-4-1-5-6-2/h2*3H;2*1H,(H3,3,4,5,6)/q2*-1;;/p+2. The highest BCUT2D eigenvalue weighted by molar-refractivity contribution is 6.08. The first-order valence-corrected chi connectivity index (χ1v) is 13.1. The second-order valence-corrected chi connectivity index (χ2v) is 8.95. The van der Waals surface area contributed by atoms with Gasteiger partial charge in [-0.2, -0.15) is 39.8 Å². The van der Waals surface area contributed by atoms with Crippen molar-refractivity contribution < 1.29 is 49.4 Å². The molecule has 0 spiro atoms. The van der Waals surface area contributed by atoms with Crippen LogP contribution in [-0.4, -0.2) is 105 Å². The summed E-state index contributed by atoms with van der Waals surface area (Å²) >= 11 is 0. The lowest BCUT2D eigenvalue weighted by molar-refractivity contribution is -0.518. The fourth-order valence-electron chi connectivity index (χ4n) is 3.32. The highest BCUT2D eigenvalue weighted by Crippen LogP contribution is 2.25. The normalized spacial score (nSPS) is 15.1. The maximum absolute atomic E-state index is 10.6. The molecule has 0 radical (unpaired) electrons. The number of H-pyrrole nitrogens is 4. The Morgan fingerprint density at radius 1 is 0.554 bits per heavy atom. The lowest BCUT2D eigenvalue weighted by atomic mass is 10.5. The lowest BCUT2D eigenvalue weighted by Crippen LogP contribution is -2.30. The summed E-state index contributed by atoms with van der Waals surface area (Å²) in [5.74, 6) is -9.40. The SMILES string of the molecule is Nc1[nH]nc[nH+]1.Nc1[nH]nc[nH+]1.O=[N+]([O-])C1=NC(c2nc([N+](=O)[O-])c([N+](=O)[O-])[n-]2)=NC1[N+](=O)[O-].O=[N+]([O-])C1=NC(c2nc([N+](=O)[O-])c([N+](=O)[O-])[n-]2)=NC1[N+](=O)[O-]. The molecule has 40 nitrogen and oxygen atoms in total. The highest BCUT2D eigenvalue weighted by atomic mass is 16.7. The number of aliphatic imine (C=N–C) groups is 4. The molecule has 6 heterocycles. The molecule has 6 rings (SSSR count). The molecule has 0 aliphatic carbocycles. The van der Waals surface area contributed by atoms with Crippen LogP contribution < -0.4 is 31.4 Å². The van der Waals surface area contributed by atoms with Crippen molar-refractivity contribution >= 4 is 58.5 Å². The molecule has 0 saturated carbocycles. The van der Waals surface area contributed by atoms with E-state index in [-0.39, 0.29) is 0 Å². The van der Waals surface area contributed by atoms with Crippen molar-refractivity contribution in [3.63, 3.8) is 0 Å². The first-order valence-electron chi connectivity index (χ1n) is 13.1. The number of nitrogens with one attached hydrogen (secondary N) is 4. The minimum atomic E-state index is -2.15. The number of aromatic nitrogens is 10. The third kappa shape index (κ3) is 9.69. The Morgan fingerprint density at radius 2 is 0.893 bits per heavy atom. The zero-order chi connectivity index (χ0) is 42.0. The van der Waals surface area contributed by atoms with E-state index in [1.165, 1.54) is 12.7 Å². The predicted octanol–water partition coefficient (Wildman–Crippen LogP) is -4.60. The van der Waals surface area contributed by atoms with Gasteiger partial charge < -0.3 is 72.2 Å². The van der Waals surface area contributed by atoms with E-state index < -0.39 is 110 Å². The molecule has 2 unspecified atom stereocenters. The van der Waals surface area contributed by atoms with Crippen LogP contribution in [0, 0.1) is 80.9 Å². The summed E-state index contributed by atoms with van der Waals surface area (Å²) in [6.45, 7) is 0. The van der Waals surface area contributed by atoms with E-state index >= 15 is 0 Å². The van der Waals surface area contributed by atoms with E-state index in [1.54, 1.807) is 0 Å². The molecule has 0 aromatic carbocycles. The number of amidine groups is 4. The van der Waals surface area contributed by atoms with Crippen LogP contribution in [0.15, 0.2) is 32.6 Å². The average molecular weight is 796 g/mol. The Bertz CT molecular complexity index is 2110. The number of nitro groups is 8. The fraction of sp³-hybridized carbons (Fsp3) is 0.125. The minimum absolute atomic E-state index is 0.481. The molecule has 2 aliphatic heterocycles. The van der Waals surface area contributed by atoms with E-state index in [0.717, 1.165) is 0 Å². The fourth-order valence-corrected chi connectivity index (χ4v) is 3.32. The number of hydrogen-bond acceptors (Lipinski definition) is 26. The van der Waals surface area contributed by atoms with E-state index in [2.05, 4.69) is 70.3 Å². The first kappa shape index (κ1) is 40.6. The van der Waals surface area contributed by atoms with E-state index in [4.69, 9.17) is 11.5 Å². The van der Waals surface area contributed by atoms with Crippen LogP contribution in [0.4, 0.5) is 35.2 Å². The van der Waals surface area contributed by atoms with Gasteiger partial charge in [-0.3, -0.25) is 20.2 Å². The zero-order valence-electron chi connectivity index (χ0n) is 26.0. The largest absolute Gasteiger partial charge is 0.459 e. The third-order valence-electron chi connectivity index (χ3n) is 5.44. The third-order valence-corrected chi connectivity index (χ3v) is 5.44. The Balaban J connectivity index is 0.000000231. The molecule has 0 bridgehead atoms. The molecule has 292 valence electrons. The molecular weight excluding hydrogens is 784 g/mol. The van der Waals surface area contributed by atoms with Gasteiger partial charge in [0, 0.05) is 0 Å². The molecule has 0 fully saturated rings. The van der Waals surface area contributed by atoms with Gasteiger partial charge >= 0.3 is 59.2 Å². The van der Waals surface area contributed by atoms with Crippen LogP contribution in [-0.2, 0) is 0 Å². The van der Waals surface area contributed by atoms with Crippen molar-refractivity contribution in [1.82, 2.24) is 40.3 Å². The molecule has 2 aliphatic rings. The Hall–Kier alpha value is -9.82. The quantitative estimate of drug-likeness (QED) is 0.0962. The number of nitrogens with two attached hydrogens (primary N) is 2. The van der Waals surface area contributed by atoms with E-state index in [9.17, 15) is 80.9 Å². The molecule has 4 aromatic rings. The summed E-state index contributed by atoms with van der Waals surface area (Å²) in [6, 6.07) is 0. The van der Waals surface area contributed by atoms with E-state index in [1.807, 2.05) is 0 Å². The maximum atomic E-state index is 10.6. The summed E-state index contributed by atoms with van der Waals surface area (Å²) in [5, 5.41) is 96.9. The second-order valence-electron chi connectivity index (χ2n) is 8.95. The van der Waals surface area contributed by atoms with Crippen molar-refractivity contribution in [3.05, 3.63) is 105 Å². The Morgan fingerprint density at radius 3 is 1.05 bits per heavy atom. The predicted molar refractivity (Wildman–Crippen MR) is 164 cm³/mol. The van der Waals surface area contributed by atoms with Gasteiger partial charge in [-0.05, 0) is 39.9 Å². The van der Waals surface area contributed by atoms with Crippen molar-refractivity contribution in [3.8, 4) is 0 Å². The van der Waals surface area contributed by atoms with Gasteiger partial charge in [0.25, 0.3) is 0 Å². The summed E-state index contributed by atoms with van der Waals surface area (Å²) < 4.78 is 0. The number of anilines is 2. The maximum Gasteiger partial charge on any atom is 0.441 e. The molecular formula is C16H12N24O16. The summed E-state index contributed by atoms with van der Waals surface area (Å²) in [5.41, 5.74) is 10.2. The van der Waals surface area contributed by atoms with Gasteiger partial charge in [0.05, 0.1) is 9.85 Å². The second kappa shape index (κ2) is 16.9. The number of rotatable bonds is 8. The number of nitrogens with zero attached hydrogens (tertiary/aromatic N) is 18. The molecule has 8 N–H and O–H groups in total. The summed E-state index contributed by atoms with van der Waals surface area (Å²) in [7, 11) is 0. The van der Waals surface area contributed by atoms with E-state index in [0.29, 0.717) is 11.9 Å². The monoisotopic (exact) mass is 796 g/mol. The summed E-state index contributed by atoms with van der Waals surface area (Å²) in [6.07, 6.45) is -1.34. The number of imidazole rings is 2. The smallest absolute Gasteiger partial charge is 0.441 e. The topological polar surface area (TPSA) is 586 Å². The first-order chi connectivity index (χ1) is 26.2. The van der Waals surface area contributed by atoms with Gasteiger partial charge in [-0.25, -0.2) is 9.97 Å². The van der Waals surface area contributed by atoms with Crippen LogP contribution in [0.25, 0.3) is 0 Å². The Labute approximate surface area is 297 Å². The highest BCUT2D eigenvalue weighted by Gasteiger charge is 2.46. The van der Waals surface area contributed by atoms with Crippen molar-refractivity contribution in [2.45, 2.75) is 12.3 Å². The lowest BCUT2D eigenvalue weighted by Gasteiger charge is -2.00. The zero-order valence-corrected chi connectivity index (χ0v) is 26.0. The molecule has 4 aromatic heterocycles. The molecule has 2 atom stereocenters. The number of aromatic amines is 4. The van der Waals surface area contributed by atoms with Crippen molar-refractivity contribution in [2.24, 2.45) is 20.0 Å². The number of hydrogen-bond donors (Lipinski definition) is 4. The van der Waals surface area contributed by atoms with Crippen LogP contribution in [0.3, 0.4) is 0 Å². The van der Waals surface area contributed by atoms with Gasteiger partial charge in [0.2, 0.25) is 35.9 Å². The van der Waals surface area contributed by atoms with Gasteiger partial charge in [-0.1, -0.05) is 0 Å². The van der Waals surface area contributed by atoms with Crippen LogP contribution in [0.5, 0.6) is 0 Å². The van der Waals surface area contributed by atoms with Crippen LogP contribution in [0.1, 0.15) is 11.6 Å². The molecule has 40 heteroatoms. The summed E-state index contributed by atoms with van der Waals surface area (Å²) in [4.78, 5) is 106. The number of nitrogen functional groups attached to an aromatic ring is 2. The van der Waals surface area contributed by atoms with Crippen LogP contribution >= 0.6 is 0 Å².